The zero-order chi connectivity index (χ0) is 18.1. The number of fused-ring (bicyclic) bond motifs is 2. The monoisotopic (exact) mass is 394 g/mol. The number of thiazole rings is 1. The van der Waals surface area contributed by atoms with Crippen LogP contribution in [0, 0.1) is 11.6 Å². The SMILES string of the molecule is O=C(CSc1ccc(F)cc1F)Nc1nc2cc3c(cc2s1)OCCO3. The van der Waals surface area contributed by atoms with Crippen LogP contribution < -0.4 is 14.8 Å². The Hall–Kier alpha value is -2.39. The van der Waals surface area contributed by atoms with Gasteiger partial charge in [-0.2, -0.15) is 0 Å². The number of aromatic nitrogens is 1. The van der Waals surface area contributed by atoms with Crippen LogP contribution in [0.3, 0.4) is 0 Å². The normalized spacial score (nSPS) is 13.0. The molecular weight excluding hydrogens is 382 g/mol. The van der Waals surface area contributed by atoms with Crippen LogP contribution in [0.5, 0.6) is 11.5 Å². The number of amides is 1. The molecule has 26 heavy (non-hydrogen) atoms. The Kier molecular flexibility index (Phi) is 4.64. The van der Waals surface area contributed by atoms with E-state index in [0.717, 1.165) is 28.6 Å². The van der Waals surface area contributed by atoms with E-state index >= 15 is 0 Å². The van der Waals surface area contributed by atoms with Gasteiger partial charge in [-0.1, -0.05) is 11.3 Å². The molecule has 1 N–H and O–H groups in total. The van der Waals surface area contributed by atoms with Crippen LogP contribution in [0.25, 0.3) is 10.2 Å². The Morgan fingerprint density at radius 1 is 1.19 bits per heavy atom. The molecule has 0 spiro atoms. The second kappa shape index (κ2) is 7.08. The maximum Gasteiger partial charge on any atom is 0.236 e. The molecule has 1 aromatic heterocycles. The smallest absolute Gasteiger partial charge is 0.236 e. The van der Waals surface area contributed by atoms with Crippen molar-refractivity contribution in [1.82, 2.24) is 4.98 Å². The van der Waals surface area contributed by atoms with Crippen LogP contribution in [0.1, 0.15) is 0 Å². The number of nitrogens with zero attached hydrogens (tertiary/aromatic N) is 1. The molecule has 5 nitrogen and oxygen atoms in total. The maximum atomic E-state index is 13.6. The zero-order valence-corrected chi connectivity index (χ0v) is 14.9. The van der Waals surface area contributed by atoms with Gasteiger partial charge in [0.25, 0.3) is 0 Å². The molecule has 2 aromatic carbocycles. The molecule has 2 heterocycles. The summed E-state index contributed by atoms with van der Waals surface area (Å²) in [5.74, 6) is -0.381. The molecule has 134 valence electrons. The highest BCUT2D eigenvalue weighted by molar-refractivity contribution is 8.00. The second-order valence-corrected chi connectivity index (χ2v) is 7.44. The second-order valence-electron chi connectivity index (χ2n) is 5.39. The molecule has 0 unspecified atom stereocenters. The molecule has 4 rings (SSSR count). The van der Waals surface area contributed by atoms with Gasteiger partial charge in [0, 0.05) is 23.1 Å². The molecule has 0 aliphatic carbocycles. The van der Waals surface area contributed by atoms with Crippen molar-refractivity contribution in [2.75, 3.05) is 24.3 Å². The first-order valence-electron chi connectivity index (χ1n) is 7.66. The van der Waals surface area contributed by atoms with E-state index < -0.39 is 11.6 Å². The van der Waals surface area contributed by atoms with Gasteiger partial charge in [0.1, 0.15) is 24.8 Å². The number of thioether (sulfide) groups is 1. The Balaban J connectivity index is 1.44. The fourth-order valence-corrected chi connectivity index (χ4v) is 4.02. The fraction of sp³-hybridized carbons (Fsp3) is 0.176. The van der Waals surface area contributed by atoms with Gasteiger partial charge >= 0.3 is 0 Å². The number of nitrogens with one attached hydrogen (secondary N) is 1. The summed E-state index contributed by atoms with van der Waals surface area (Å²) in [5, 5.41) is 3.13. The highest BCUT2D eigenvalue weighted by atomic mass is 32.2. The Bertz CT molecular complexity index is 951. The lowest BCUT2D eigenvalue weighted by Crippen LogP contribution is -2.15. The summed E-state index contributed by atoms with van der Waals surface area (Å²) in [6.07, 6.45) is 0. The van der Waals surface area contributed by atoms with Gasteiger partial charge in [-0.15, -0.1) is 11.8 Å². The molecule has 1 aliphatic rings. The van der Waals surface area contributed by atoms with Gasteiger partial charge in [-0.25, -0.2) is 13.8 Å². The number of carbonyl (C=O) groups is 1. The third-order valence-electron chi connectivity index (χ3n) is 3.55. The standard InChI is InChI=1S/C17H12F2N2O3S2/c18-9-1-2-14(10(19)5-9)25-8-16(22)21-17-20-11-6-12-13(7-15(11)26-17)24-4-3-23-12/h1-2,5-7H,3-4,8H2,(H,20,21,22). The largest absolute Gasteiger partial charge is 0.486 e. The van der Waals surface area contributed by atoms with Crippen LogP contribution in [0.2, 0.25) is 0 Å². The van der Waals surface area contributed by atoms with Gasteiger partial charge < -0.3 is 14.8 Å². The molecule has 1 aliphatic heterocycles. The topological polar surface area (TPSA) is 60.5 Å². The van der Waals surface area contributed by atoms with Crippen LogP contribution in [-0.4, -0.2) is 29.9 Å². The van der Waals surface area contributed by atoms with Gasteiger partial charge in [-0.3, -0.25) is 4.79 Å². The van der Waals surface area contributed by atoms with Crippen molar-refractivity contribution in [3.05, 3.63) is 42.0 Å². The number of halogens is 2. The molecule has 0 fully saturated rings. The summed E-state index contributed by atoms with van der Waals surface area (Å²) < 4.78 is 38.4. The summed E-state index contributed by atoms with van der Waals surface area (Å²) in [6.45, 7) is 0.988. The molecular formula is C17H12F2N2O3S2. The zero-order valence-electron chi connectivity index (χ0n) is 13.3. The van der Waals surface area contributed by atoms with E-state index in [1.54, 1.807) is 6.07 Å². The predicted octanol–water partition coefficient (Wildman–Crippen LogP) is 4.08. The molecule has 9 heteroatoms. The summed E-state index contributed by atoms with van der Waals surface area (Å²) in [5.41, 5.74) is 0.701. The summed E-state index contributed by atoms with van der Waals surface area (Å²) in [7, 11) is 0. The molecule has 3 aromatic rings. The maximum absolute atomic E-state index is 13.6. The number of anilines is 1. The van der Waals surface area contributed by atoms with E-state index in [1.807, 2.05) is 6.07 Å². The lowest BCUT2D eigenvalue weighted by molar-refractivity contribution is -0.113. The average molecular weight is 394 g/mol. The third-order valence-corrected chi connectivity index (χ3v) is 5.53. The number of hydrogen-bond acceptors (Lipinski definition) is 6. The lowest BCUT2D eigenvalue weighted by atomic mass is 10.3. The van der Waals surface area contributed by atoms with Crippen LogP contribution >= 0.6 is 23.1 Å². The third kappa shape index (κ3) is 3.58. The Labute approximate surface area is 155 Å². The Morgan fingerprint density at radius 2 is 1.96 bits per heavy atom. The van der Waals surface area contributed by atoms with E-state index in [0.29, 0.717) is 35.4 Å². The molecule has 0 atom stereocenters. The minimum Gasteiger partial charge on any atom is -0.486 e. The number of ether oxygens (including phenoxy) is 2. The van der Waals surface area contributed by atoms with E-state index in [-0.39, 0.29) is 16.6 Å². The van der Waals surface area contributed by atoms with Crippen molar-refractivity contribution in [3.8, 4) is 11.5 Å². The van der Waals surface area contributed by atoms with Gasteiger partial charge in [0.05, 0.1) is 16.0 Å². The highest BCUT2D eigenvalue weighted by Crippen LogP contribution is 2.37. The first kappa shape index (κ1) is 17.0. The number of hydrogen-bond donors (Lipinski definition) is 1. The summed E-state index contributed by atoms with van der Waals surface area (Å²) >= 11 is 2.31. The molecule has 0 saturated carbocycles. The lowest BCUT2D eigenvalue weighted by Gasteiger charge is -2.17. The van der Waals surface area contributed by atoms with Crippen molar-refractivity contribution < 1.29 is 23.0 Å². The number of carbonyl (C=O) groups excluding carboxylic acids is 1. The van der Waals surface area contributed by atoms with Crippen molar-refractivity contribution in [1.29, 1.82) is 0 Å². The summed E-state index contributed by atoms with van der Waals surface area (Å²) in [6, 6.07) is 6.87. The average Bonchev–Trinajstić information content (AvgIpc) is 2.99. The van der Waals surface area contributed by atoms with Crippen LogP contribution in [0.15, 0.2) is 35.2 Å². The number of benzene rings is 2. The fourth-order valence-electron chi connectivity index (χ4n) is 2.41. The highest BCUT2D eigenvalue weighted by Gasteiger charge is 2.16. The van der Waals surface area contributed by atoms with Crippen LogP contribution in [0.4, 0.5) is 13.9 Å². The minimum atomic E-state index is -0.687. The van der Waals surface area contributed by atoms with Gasteiger partial charge in [0.2, 0.25) is 5.91 Å². The molecule has 0 saturated heterocycles. The van der Waals surface area contributed by atoms with Gasteiger partial charge in [-0.05, 0) is 12.1 Å². The first-order chi connectivity index (χ1) is 12.6. The molecule has 0 bridgehead atoms. The van der Waals surface area contributed by atoms with Crippen molar-refractivity contribution >= 4 is 44.4 Å². The van der Waals surface area contributed by atoms with E-state index in [2.05, 4.69) is 10.3 Å². The number of rotatable bonds is 4. The minimum absolute atomic E-state index is 0.0127. The van der Waals surface area contributed by atoms with E-state index in [9.17, 15) is 13.6 Å². The van der Waals surface area contributed by atoms with Crippen molar-refractivity contribution in [2.24, 2.45) is 0 Å². The first-order valence-corrected chi connectivity index (χ1v) is 9.46. The Morgan fingerprint density at radius 3 is 2.73 bits per heavy atom. The molecule has 1 amide bonds. The molecule has 0 radical (unpaired) electrons. The summed E-state index contributed by atoms with van der Waals surface area (Å²) in [4.78, 5) is 16.7. The van der Waals surface area contributed by atoms with Crippen LogP contribution in [-0.2, 0) is 4.79 Å². The predicted molar refractivity (Wildman–Crippen MR) is 96.3 cm³/mol. The quantitative estimate of drug-likeness (QED) is 0.676. The van der Waals surface area contributed by atoms with Crippen molar-refractivity contribution in [2.45, 2.75) is 4.90 Å². The van der Waals surface area contributed by atoms with Gasteiger partial charge in [0.15, 0.2) is 16.6 Å². The van der Waals surface area contributed by atoms with Crippen molar-refractivity contribution in [3.63, 3.8) is 0 Å². The van der Waals surface area contributed by atoms with E-state index in [4.69, 9.17) is 9.47 Å². The van der Waals surface area contributed by atoms with E-state index in [1.165, 1.54) is 17.4 Å².